The molecule has 1 aromatic heterocycles. The summed E-state index contributed by atoms with van der Waals surface area (Å²) in [6.07, 6.45) is 3.28. The first-order valence-electron chi connectivity index (χ1n) is 4.08. The van der Waals surface area contributed by atoms with Crippen LogP contribution in [0.15, 0.2) is 17.5 Å². The van der Waals surface area contributed by atoms with Gasteiger partial charge in [0.05, 0.1) is 0 Å². The Kier molecular flexibility index (Phi) is 4.73. The van der Waals surface area contributed by atoms with Crippen molar-refractivity contribution < 1.29 is 0 Å². The van der Waals surface area contributed by atoms with Gasteiger partial charge in [-0.2, -0.15) is 11.8 Å². The van der Waals surface area contributed by atoms with Gasteiger partial charge in [0.1, 0.15) is 0 Å². The van der Waals surface area contributed by atoms with Crippen LogP contribution in [0.3, 0.4) is 0 Å². The van der Waals surface area contributed by atoms with Gasteiger partial charge in [0, 0.05) is 4.88 Å². The van der Waals surface area contributed by atoms with Crippen molar-refractivity contribution in [3.63, 3.8) is 0 Å². The minimum atomic E-state index is 0.652. The predicted octanol–water partition coefficient (Wildman–Crippen LogP) is 2.23. The molecule has 0 fully saturated rings. The highest BCUT2D eigenvalue weighted by atomic mass is 32.2. The van der Waals surface area contributed by atoms with Gasteiger partial charge >= 0.3 is 0 Å². The molecule has 1 rings (SSSR count). The van der Waals surface area contributed by atoms with Crippen molar-refractivity contribution in [1.82, 2.24) is 0 Å². The molecule has 68 valence electrons. The van der Waals surface area contributed by atoms with Crippen LogP contribution in [0.2, 0.25) is 0 Å². The summed E-state index contributed by atoms with van der Waals surface area (Å²) in [5, 5.41) is 2.13. The Labute approximate surface area is 82.4 Å². The fourth-order valence-corrected chi connectivity index (χ4v) is 2.71. The molecule has 0 saturated heterocycles. The molecule has 0 bridgehead atoms. The van der Waals surface area contributed by atoms with Crippen molar-refractivity contribution in [3.8, 4) is 0 Å². The first-order chi connectivity index (χ1) is 5.86. The lowest BCUT2D eigenvalue weighted by Crippen LogP contribution is -2.18. The summed E-state index contributed by atoms with van der Waals surface area (Å²) < 4.78 is 0. The van der Waals surface area contributed by atoms with Crippen LogP contribution in [0.25, 0.3) is 0 Å². The zero-order valence-electron chi connectivity index (χ0n) is 7.32. The molecule has 1 nitrogen and oxygen atoms in total. The van der Waals surface area contributed by atoms with Gasteiger partial charge < -0.3 is 5.73 Å². The summed E-state index contributed by atoms with van der Waals surface area (Å²) in [6, 6.07) is 4.29. The van der Waals surface area contributed by atoms with Gasteiger partial charge in [0.25, 0.3) is 0 Å². The fraction of sp³-hybridized carbons (Fsp3) is 0.556. The van der Waals surface area contributed by atoms with Crippen molar-refractivity contribution >= 4 is 23.1 Å². The molecule has 1 unspecified atom stereocenters. The predicted molar refractivity (Wildman–Crippen MR) is 58.9 cm³/mol. The topological polar surface area (TPSA) is 26.0 Å². The van der Waals surface area contributed by atoms with Gasteiger partial charge in [-0.1, -0.05) is 6.07 Å². The first kappa shape index (κ1) is 10.1. The van der Waals surface area contributed by atoms with Crippen LogP contribution < -0.4 is 5.73 Å². The second-order valence-corrected chi connectivity index (χ2v) is 4.78. The lowest BCUT2D eigenvalue weighted by Gasteiger charge is -2.10. The van der Waals surface area contributed by atoms with E-state index in [4.69, 9.17) is 5.73 Å². The number of thiophene rings is 1. The quantitative estimate of drug-likeness (QED) is 0.790. The van der Waals surface area contributed by atoms with E-state index in [1.54, 1.807) is 0 Å². The van der Waals surface area contributed by atoms with E-state index < -0.39 is 0 Å². The molecule has 0 radical (unpaired) electrons. The van der Waals surface area contributed by atoms with E-state index in [1.807, 2.05) is 23.1 Å². The van der Waals surface area contributed by atoms with E-state index in [1.165, 1.54) is 10.6 Å². The molecule has 0 aliphatic heterocycles. The number of thioether (sulfide) groups is 1. The molecule has 0 spiro atoms. The van der Waals surface area contributed by atoms with Gasteiger partial charge in [-0.05, 0) is 42.3 Å². The average Bonchev–Trinajstić information content (AvgIpc) is 2.56. The van der Waals surface area contributed by atoms with Crippen LogP contribution in [-0.4, -0.2) is 18.6 Å². The Morgan fingerprint density at radius 2 is 2.50 bits per heavy atom. The second-order valence-electron chi connectivity index (χ2n) is 2.84. The van der Waals surface area contributed by atoms with E-state index in [0.717, 1.165) is 13.0 Å². The number of hydrogen-bond acceptors (Lipinski definition) is 3. The highest BCUT2D eigenvalue weighted by molar-refractivity contribution is 7.98. The molecular weight excluding hydrogens is 186 g/mol. The Hall–Kier alpha value is 0.01000. The van der Waals surface area contributed by atoms with Crippen molar-refractivity contribution in [1.29, 1.82) is 0 Å². The lowest BCUT2D eigenvalue weighted by molar-refractivity contribution is 0.609. The summed E-state index contributed by atoms with van der Waals surface area (Å²) in [7, 11) is 0. The van der Waals surface area contributed by atoms with Gasteiger partial charge in [0.2, 0.25) is 0 Å². The van der Waals surface area contributed by atoms with Crippen molar-refractivity contribution in [2.45, 2.75) is 6.42 Å². The van der Waals surface area contributed by atoms with E-state index in [2.05, 4.69) is 23.8 Å². The van der Waals surface area contributed by atoms with Crippen LogP contribution >= 0.6 is 23.1 Å². The molecule has 1 heterocycles. The summed E-state index contributed by atoms with van der Waals surface area (Å²) in [4.78, 5) is 1.46. The third-order valence-corrected chi connectivity index (χ3v) is 3.51. The van der Waals surface area contributed by atoms with Gasteiger partial charge in [-0.25, -0.2) is 0 Å². The minimum Gasteiger partial charge on any atom is -0.330 e. The minimum absolute atomic E-state index is 0.652. The second kappa shape index (κ2) is 5.62. The highest BCUT2D eigenvalue weighted by Gasteiger charge is 2.06. The third-order valence-electron chi connectivity index (χ3n) is 1.81. The molecule has 0 amide bonds. The Balaban J connectivity index is 2.37. The average molecular weight is 201 g/mol. The number of hydrogen-bond donors (Lipinski definition) is 1. The summed E-state index contributed by atoms with van der Waals surface area (Å²) >= 11 is 3.71. The lowest BCUT2D eigenvalue weighted by atomic mass is 10.1. The van der Waals surface area contributed by atoms with Crippen LogP contribution in [0.5, 0.6) is 0 Å². The molecule has 2 N–H and O–H groups in total. The highest BCUT2D eigenvalue weighted by Crippen LogP contribution is 2.16. The monoisotopic (exact) mass is 201 g/mol. The van der Waals surface area contributed by atoms with Gasteiger partial charge in [0.15, 0.2) is 0 Å². The third kappa shape index (κ3) is 3.17. The standard InChI is InChI=1S/C9H15NS2/c1-11-7-8(6-10)5-9-3-2-4-12-9/h2-4,8H,5-7,10H2,1H3. The SMILES string of the molecule is CSCC(CN)Cc1cccs1. The van der Waals surface area contributed by atoms with E-state index >= 15 is 0 Å². The van der Waals surface area contributed by atoms with Gasteiger partial charge in [-0.3, -0.25) is 0 Å². The molecule has 1 aromatic rings. The zero-order chi connectivity index (χ0) is 8.81. The molecule has 1 atom stereocenters. The maximum absolute atomic E-state index is 5.67. The normalized spacial score (nSPS) is 13.2. The van der Waals surface area contributed by atoms with Crippen molar-refractivity contribution in [2.24, 2.45) is 11.7 Å². The molecule has 0 aliphatic carbocycles. The van der Waals surface area contributed by atoms with E-state index in [9.17, 15) is 0 Å². The van der Waals surface area contributed by atoms with E-state index in [-0.39, 0.29) is 0 Å². The van der Waals surface area contributed by atoms with Gasteiger partial charge in [-0.15, -0.1) is 11.3 Å². The van der Waals surface area contributed by atoms with Crippen molar-refractivity contribution in [3.05, 3.63) is 22.4 Å². The largest absolute Gasteiger partial charge is 0.330 e. The Bertz CT molecular complexity index is 196. The molecule has 0 aliphatic rings. The van der Waals surface area contributed by atoms with Crippen LogP contribution in [-0.2, 0) is 6.42 Å². The summed E-state index contributed by atoms with van der Waals surface area (Å²) in [5.41, 5.74) is 5.67. The number of nitrogens with two attached hydrogens (primary N) is 1. The maximum atomic E-state index is 5.67. The van der Waals surface area contributed by atoms with Crippen LogP contribution in [0.4, 0.5) is 0 Å². The van der Waals surface area contributed by atoms with Crippen LogP contribution in [0, 0.1) is 5.92 Å². The van der Waals surface area contributed by atoms with Crippen LogP contribution in [0.1, 0.15) is 4.88 Å². The zero-order valence-corrected chi connectivity index (χ0v) is 8.96. The molecule has 3 heteroatoms. The molecule has 0 saturated carbocycles. The molecule has 12 heavy (non-hydrogen) atoms. The Morgan fingerprint density at radius 1 is 1.67 bits per heavy atom. The van der Waals surface area contributed by atoms with E-state index in [0.29, 0.717) is 5.92 Å². The summed E-state index contributed by atoms with van der Waals surface area (Å²) in [5.74, 6) is 1.83. The Morgan fingerprint density at radius 3 is 3.00 bits per heavy atom. The molecule has 0 aromatic carbocycles. The number of rotatable bonds is 5. The fourth-order valence-electron chi connectivity index (χ4n) is 1.16. The first-order valence-corrected chi connectivity index (χ1v) is 6.35. The van der Waals surface area contributed by atoms with Crippen molar-refractivity contribution in [2.75, 3.05) is 18.6 Å². The smallest absolute Gasteiger partial charge is 0.00487 e. The molecular formula is C9H15NS2. The summed E-state index contributed by atoms with van der Waals surface area (Å²) in [6.45, 7) is 0.804. The maximum Gasteiger partial charge on any atom is 0.00487 e.